The summed E-state index contributed by atoms with van der Waals surface area (Å²) in [6.45, 7) is 5.77. The molecule has 25 heavy (non-hydrogen) atoms. The van der Waals surface area contributed by atoms with E-state index in [1.807, 2.05) is 32.0 Å². The Morgan fingerprint density at radius 3 is 2.92 bits per heavy atom. The van der Waals surface area contributed by atoms with E-state index < -0.39 is 6.10 Å². The summed E-state index contributed by atoms with van der Waals surface area (Å²) in [7, 11) is 0. The number of rotatable bonds is 5. The molecule has 1 aromatic carbocycles. The smallest absolute Gasteiger partial charge is 0.254 e. The number of carbonyl (C=O) groups excluding carboxylic acids is 1. The molecule has 2 atom stereocenters. The van der Waals surface area contributed by atoms with Crippen molar-refractivity contribution in [3.8, 4) is 5.69 Å². The number of aromatic nitrogens is 2. The van der Waals surface area contributed by atoms with Gasteiger partial charge in [-0.05, 0) is 24.1 Å². The molecule has 134 valence electrons. The summed E-state index contributed by atoms with van der Waals surface area (Å²) in [5.41, 5.74) is 2.21. The Labute approximate surface area is 152 Å². The Balaban J connectivity index is 1.82. The molecule has 1 fully saturated rings. The van der Waals surface area contributed by atoms with Crippen molar-refractivity contribution in [3.05, 3.63) is 46.7 Å². The summed E-state index contributed by atoms with van der Waals surface area (Å²) in [6.07, 6.45) is 1.17. The number of nitrogens with one attached hydrogen (secondary N) is 2. The fourth-order valence-corrected chi connectivity index (χ4v) is 3.33. The Bertz CT molecular complexity index is 759. The molecule has 7 heteroatoms. The van der Waals surface area contributed by atoms with Crippen LogP contribution in [0.5, 0.6) is 0 Å². The van der Waals surface area contributed by atoms with Gasteiger partial charge in [-0.15, -0.1) is 0 Å². The zero-order valence-corrected chi connectivity index (χ0v) is 15.1. The van der Waals surface area contributed by atoms with Crippen LogP contribution < -0.4 is 10.6 Å². The molecule has 2 unspecified atom stereocenters. The standard InChI is InChI=1S/C18H23ClN4O2/c1-11(2)17-15(18(25)21-8-12-7-20-10-16(12)24)9-22-23(17)14-5-3-4-13(19)6-14/h3-6,9,11-12,16,20,24H,7-8,10H2,1-2H3,(H,21,25). The topological polar surface area (TPSA) is 79.2 Å². The van der Waals surface area contributed by atoms with E-state index >= 15 is 0 Å². The number of β-amino-alcohol motifs (C(OH)–C–C–N with tert-alkyl or cyclic N) is 1. The van der Waals surface area contributed by atoms with Crippen molar-refractivity contribution in [3.63, 3.8) is 0 Å². The maximum Gasteiger partial charge on any atom is 0.254 e. The average molecular weight is 363 g/mol. The lowest BCUT2D eigenvalue weighted by Crippen LogP contribution is -2.34. The van der Waals surface area contributed by atoms with E-state index in [1.54, 1.807) is 16.9 Å². The van der Waals surface area contributed by atoms with E-state index in [2.05, 4.69) is 15.7 Å². The van der Waals surface area contributed by atoms with Gasteiger partial charge in [-0.3, -0.25) is 4.79 Å². The minimum absolute atomic E-state index is 0.0365. The first-order chi connectivity index (χ1) is 12.0. The molecule has 3 rings (SSSR count). The molecule has 6 nitrogen and oxygen atoms in total. The van der Waals surface area contributed by atoms with Crippen LogP contribution in [0.2, 0.25) is 5.02 Å². The molecule has 1 aromatic heterocycles. The Morgan fingerprint density at radius 1 is 1.48 bits per heavy atom. The van der Waals surface area contributed by atoms with Gasteiger partial charge in [0.15, 0.2) is 0 Å². The van der Waals surface area contributed by atoms with E-state index in [0.29, 0.717) is 30.2 Å². The SMILES string of the molecule is CC(C)c1c(C(=O)NCC2CNCC2O)cnn1-c1cccc(Cl)c1. The third kappa shape index (κ3) is 3.86. The molecule has 0 saturated carbocycles. The maximum atomic E-state index is 12.7. The zero-order valence-electron chi connectivity index (χ0n) is 14.4. The van der Waals surface area contributed by atoms with Crippen LogP contribution in [0.4, 0.5) is 0 Å². The van der Waals surface area contributed by atoms with Gasteiger partial charge in [0, 0.05) is 30.6 Å². The molecule has 1 saturated heterocycles. The Hall–Kier alpha value is -1.89. The van der Waals surface area contributed by atoms with E-state index in [-0.39, 0.29) is 17.7 Å². The van der Waals surface area contributed by atoms with Crippen LogP contribution >= 0.6 is 11.6 Å². The molecule has 2 aromatic rings. The van der Waals surface area contributed by atoms with Gasteiger partial charge in [0.2, 0.25) is 0 Å². The molecule has 0 aliphatic carbocycles. The summed E-state index contributed by atoms with van der Waals surface area (Å²) in [5.74, 6) is -0.0218. The third-order valence-electron chi connectivity index (χ3n) is 4.48. The number of amides is 1. The summed E-state index contributed by atoms with van der Waals surface area (Å²) in [6, 6.07) is 7.39. The molecule has 1 amide bonds. The number of halogens is 1. The van der Waals surface area contributed by atoms with E-state index in [4.69, 9.17) is 11.6 Å². The summed E-state index contributed by atoms with van der Waals surface area (Å²) in [5, 5.41) is 20.9. The molecular formula is C18H23ClN4O2. The largest absolute Gasteiger partial charge is 0.391 e. The third-order valence-corrected chi connectivity index (χ3v) is 4.71. The first-order valence-corrected chi connectivity index (χ1v) is 8.86. The van der Waals surface area contributed by atoms with Crippen molar-refractivity contribution in [1.82, 2.24) is 20.4 Å². The molecule has 0 radical (unpaired) electrons. The lowest BCUT2D eigenvalue weighted by molar-refractivity contribution is 0.0925. The monoisotopic (exact) mass is 362 g/mol. The van der Waals surface area contributed by atoms with Crippen LogP contribution in [0, 0.1) is 5.92 Å². The van der Waals surface area contributed by atoms with Crippen molar-refractivity contribution in [2.45, 2.75) is 25.9 Å². The number of benzene rings is 1. The second-order valence-electron chi connectivity index (χ2n) is 6.69. The van der Waals surface area contributed by atoms with E-state index in [1.165, 1.54) is 0 Å². The van der Waals surface area contributed by atoms with Crippen LogP contribution in [0.3, 0.4) is 0 Å². The fourth-order valence-electron chi connectivity index (χ4n) is 3.15. The highest BCUT2D eigenvalue weighted by molar-refractivity contribution is 6.30. The fraction of sp³-hybridized carbons (Fsp3) is 0.444. The van der Waals surface area contributed by atoms with Crippen LogP contribution in [0.1, 0.15) is 35.8 Å². The molecule has 3 N–H and O–H groups in total. The van der Waals surface area contributed by atoms with Gasteiger partial charge in [-0.1, -0.05) is 31.5 Å². The summed E-state index contributed by atoms with van der Waals surface area (Å²) >= 11 is 6.08. The minimum Gasteiger partial charge on any atom is -0.391 e. The van der Waals surface area contributed by atoms with E-state index in [0.717, 1.165) is 11.4 Å². The van der Waals surface area contributed by atoms with Gasteiger partial charge in [-0.2, -0.15) is 5.10 Å². The predicted molar refractivity (Wildman–Crippen MR) is 97.4 cm³/mol. The highest BCUT2D eigenvalue weighted by atomic mass is 35.5. The predicted octanol–water partition coefficient (Wildman–Crippen LogP) is 1.96. The first-order valence-electron chi connectivity index (χ1n) is 8.48. The van der Waals surface area contributed by atoms with Crippen LogP contribution in [-0.4, -0.2) is 46.5 Å². The number of aliphatic hydroxyl groups is 1. The van der Waals surface area contributed by atoms with Gasteiger partial charge in [0.1, 0.15) is 0 Å². The van der Waals surface area contributed by atoms with Crippen molar-refractivity contribution < 1.29 is 9.90 Å². The van der Waals surface area contributed by atoms with Gasteiger partial charge in [0.05, 0.1) is 29.2 Å². The number of hydrogen-bond donors (Lipinski definition) is 3. The number of nitrogens with zero attached hydrogens (tertiary/aromatic N) is 2. The second-order valence-corrected chi connectivity index (χ2v) is 7.12. The maximum absolute atomic E-state index is 12.7. The summed E-state index contributed by atoms with van der Waals surface area (Å²) < 4.78 is 1.76. The van der Waals surface area contributed by atoms with Crippen molar-refractivity contribution >= 4 is 17.5 Å². The molecule has 0 spiro atoms. The normalized spacial score (nSPS) is 20.2. The molecule has 1 aliphatic heterocycles. The Kier molecular flexibility index (Phi) is 5.42. The van der Waals surface area contributed by atoms with Crippen LogP contribution in [0.15, 0.2) is 30.5 Å². The number of hydrogen-bond acceptors (Lipinski definition) is 4. The molecular weight excluding hydrogens is 340 g/mol. The average Bonchev–Trinajstić information content (AvgIpc) is 3.19. The van der Waals surface area contributed by atoms with Gasteiger partial charge in [-0.25, -0.2) is 4.68 Å². The molecule has 1 aliphatic rings. The second kappa shape index (κ2) is 7.56. The lowest BCUT2D eigenvalue weighted by atomic mass is 10.0. The number of carbonyl (C=O) groups is 1. The summed E-state index contributed by atoms with van der Waals surface area (Å²) in [4.78, 5) is 12.7. The quantitative estimate of drug-likeness (QED) is 0.759. The highest BCUT2D eigenvalue weighted by Gasteiger charge is 2.26. The van der Waals surface area contributed by atoms with Crippen LogP contribution in [-0.2, 0) is 0 Å². The molecule has 0 bridgehead atoms. The number of aliphatic hydroxyl groups excluding tert-OH is 1. The Morgan fingerprint density at radius 2 is 2.28 bits per heavy atom. The van der Waals surface area contributed by atoms with Gasteiger partial charge >= 0.3 is 0 Å². The van der Waals surface area contributed by atoms with Gasteiger partial charge in [0.25, 0.3) is 5.91 Å². The van der Waals surface area contributed by atoms with Gasteiger partial charge < -0.3 is 15.7 Å². The first kappa shape index (κ1) is 17.9. The highest BCUT2D eigenvalue weighted by Crippen LogP contribution is 2.24. The molecule has 2 heterocycles. The van der Waals surface area contributed by atoms with Crippen LogP contribution in [0.25, 0.3) is 5.69 Å². The van der Waals surface area contributed by atoms with Crippen molar-refractivity contribution in [2.24, 2.45) is 5.92 Å². The minimum atomic E-state index is -0.418. The van der Waals surface area contributed by atoms with Crippen molar-refractivity contribution in [1.29, 1.82) is 0 Å². The van der Waals surface area contributed by atoms with Crippen molar-refractivity contribution in [2.75, 3.05) is 19.6 Å². The van der Waals surface area contributed by atoms with E-state index in [9.17, 15) is 9.90 Å². The lowest BCUT2D eigenvalue weighted by Gasteiger charge is -2.16. The zero-order chi connectivity index (χ0) is 18.0.